The quantitative estimate of drug-likeness (QED) is 0.886. The van der Waals surface area contributed by atoms with Gasteiger partial charge in [0.05, 0.1) is 13.3 Å². The van der Waals surface area contributed by atoms with E-state index in [1.54, 1.807) is 24.3 Å². The lowest BCUT2D eigenvalue weighted by Gasteiger charge is -2.23. The fourth-order valence-electron chi connectivity index (χ4n) is 2.37. The average Bonchev–Trinajstić information content (AvgIpc) is 2.72. The van der Waals surface area contributed by atoms with Crippen LogP contribution in [0.3, 0.4) is 0 Å². The monoisotopic (exact) mass is 290 g/mol. The third kappa shape index (κ3) is 1.67. The molecular formula is C14H11ClN2O3. The summed E-state index contributed by atoms with van der Waals surface area (Å²) in [5.41, 5.74) is -0.581. The number of halogens is 1. The van der Waals surface area contributed by atoms with Crippen molar-refractivity contribution >= 4 is 23.2 Å². The molecule has 1 aliphatic rings. The van der Waals surface area contributed by atoms with Crippen molar-refractivity contribution < 1.29 is 14.6 Å². The van der Waals surface area contributed by atoms with E-state index in [4.69, 9.17) is 16.3 Å². The van der Waals surface area contributed by atoms with Crippen LogP contribution in [0.15, 0.2) is 36.7 Å². The fourth-order valence-corrected chi connectivity index (χ4v) is 2.54. The Balaban J connectivity index is 2.27. The molecule has 1 amide bonds. The van der Waals surface area contributed by atoms with Crippen LogP contribution in [0, 0.1) is 0 Å². The molecular weight excluding hydrogens is 280 g/mol. The average molecular weight is 291 g/mol. The number of carbonyl (C=O) groups is 1. The van der Waals surface area contributed by atoms with Crippen molar-refractivity contribution in [1.82, 2.24) is 4.98 Å². The summed E-state index contributed by atoms with van der Waals surface area (Å²) >= 11 is 5.97. The number of pyridine rings is 1. The number of nitrogens with one attached hydrogen (secondary N) is 1. The van der Waals surface area contributed by atoms with Crippen LogP contribution in [-0.2, 0) is 10.4 Å². The SMILES string of the molecule is COc1cnccc1C1(O)C(=O)Nc2ccc(Cl)cc21. The first-order chi connectivity index (χ1) is 9.57. The molecule has 0 fully saturated rings. The maximum Gasteiger partial charge on any atom is 0.266 e. The highest BCUT2D eigenvalue weighted by atomic mass is 35.5. The minimum atomic E-state index is -1.84. The number of ether oxygens (including phenoxy) is 1. The van der Waals surface area contributed by atoms with E-state index in [9.17, 15) is 9.90 Å². The highest BCUT2D eigenvalue weighted by Crippen LogP contribution is 2.44. The summed E-state index contributed by atoms with van der Waals surface area (Å²) in [6.45, 7) is 0. The summed E-state index contributed by atoms with van der Waals surface area (Å²) in [5.74, 6) is -0.211. The molecule has 1 atom stereocenters. The molecule has 20 heavy (non-hydrogen) atoms. The van der Waals surface area contributed by atoms with Crippen molar-refractivity contribution in [3.8, 4) is 5.75 Å². The van der Waals surface area contributed by atoms with Crippen LogP contribution >= 0.6 is 11.6 Å². The van der Waals surface area contributed by atoms with Crippen LogP contribution in [0.2, 0.25) is 5.02 Å². The topological polar surface area (TPSA) is 71.5 Å². The van der Waals surface area contributed by atoms with E-state index in [1.165, 1.54) is 19.5 Å². The zero-order valence-electron chi connectivity index (χ0n) is 10.6. The minimum absolute atomic E-state index is 0.327. The molecule has 0 spiro atoms. The predicted octanol–water partition coefficient (Wildman–Crippen LogP) is 1.93. The van der Waals surface area contributed by atoms with Gasteiger partial charge in [-0.05, 0) is 24.3 Å². The summed E-state index contributed by atoms with van der Waals surface area (Å²) in [4.78, 5) is 16.2. The van der Waals surface area contributed by atoms with Gasteiger partial charge in [0, 0.05) is 28.0 Å². The van der Waals surface area contributed by atoms with Gasteiger partial charge in [-0.15, -0.1) is 0 Å². The molecule has 0 bridgehead atoms. The second-order valence-corrected chi connectivity index (χ2v) is 4.87. The smallest absolute Gasteiger partial charge is 0.266 e. The molecule has 1 aromatic heterocycles. The number of rotatable bonds is 2. The van der Waals surface area contributed by atoms with E-state index in [0.717, 1.165) is 0 Å². The van der Waals surface area contributed by atoms with Crippen LogP contribution in [0.1, 0.15) is 11.1 Å². The Morgan fingerprint density at radius 1 is 1.35 bits per heavy atom. The van der Waals surface area contributed by atoms with E-state index in [0.29, 0.717) is 27.6 Å². The number of methoxy groups -OCH3 is 1. The largest absolute Gasteiger partial charge is 0.495 e. The van der Waals surface area contributed by atoms with E-state index in [-0.39, 0.29) is 0 Å². The highest BCUT2D eigenvalue weighted by molar-refractivity contribution is 6.31. The molecule has 1 aliphatic heterocycles. The Kier molecular flexibility index (Phi) is 2.88. The Labute approximate surface area is 120 Å². The molecule has 0 saturated heterocycles. The summed E-state index contributed by atoms with van der Waals surface area (Å²) in [7, 11) is 1.45. The van der Waals surface area contributed by atoms with Crippen LogP contribution in [0.4, 0.5) is 5.69 Å². The lowest BCUT2D eigenvalue weighted by molar-refractivity contribution is -0.129. The number of carbonyl (C=O) groups excluding carboxylic acids is 1. The Morgan fingerprint density at radius 3 is 2.90 bits per heavy atom. The molecule has 0 saturated carbocycles. The number of fused-ring (bicyclic) bond motifs is 1. The van der Waals surface area contributed by atoms with Gasteiger partial charge in [-0.2, -0.15) is 0 Å². The van der Waals surface area contributed by atoms with Crippen LogP contribution in [-0.4, -0.2) is 23.1 Å². The van der Waals surface area contributed by atoms with E-state index in [1.807, 2.05) is 0 Å². The Morgan fingerprint density at radius 2 is 2.15 bits per heavy atom. The van der Waals surface area contributed by atoms with Crippen molar-refractivity contribution in [2.75, 3.05) is 12.4 Å². The van der Waals surface area contributed by atoms with Gasteiger partial charge in [-0.3, -0.25) is 9.78 Å². The summed E-state index contributed by atoms with van der Waals surface area (Å²) in [6, 6.07) is 6.42. The van der Waals surface area contributed by atoms with Gasteiger partial charge >= 0.3 is 0 Å². The zero-order chi connectivity index (χ0) is 14.3. The third-order valence-corrected chi connectivity index (χ3v) is 3.58. The first-order valence-corrected chi connectivity index (χ1v) is 6.27. The van der Waals surface area contributed by atoms with Crippen molar-refractivity contribution in [1.29, 1.82) is 0 Å². The molecule has 6 heteroatoms. The third-order valence-electron chi connectivity index (χ3n) is 3.34. The lowest BCUT2D eigenvalue weighted by Crippen LogP contribution is -2.35. The first-order valence-electron chi connectivity index (χ1n) is 5.89. The first kappa shape index (κ1) is 12.9. The van der Waals surface area contributed by atoms with Gasteiger partial charge in [-0.1, -0.05) is 11.6 Å². The standard InChI is InChI=1S/C14H11ClN2O3/c1-20-12-7-16-5-4-9(12)14(19)10-6-8(15)2-3-11(10)17-13(14)18/h2-7,19H,1H3,(H,17,18). The fraction of sp³-hybridized carbons (Fsp3) is 0.143. The van der Waals surface area contributed by atoms with Crippen molar-refractivity contribution in [2.45, 2.75) is 5.60 Å². The molecule has 3 rings (SSSR count). The van der Waals surface area contributed by atoms with Crippen molar-refractivity contribution in [2.24, 2.45) is 0 Å². The maximum absolute atomic E-state index is 12.3. The number of aliphatic hydroxyl groups is 1. The molecule has 1 aromatic carbocycles. The summed E-state index contributed by atoms with van der Waals surface area (Å²) in [6.07, 6.45) is 2.94. The second-order valence-electron chi connectivity index (χ2n) is 4.43. The molecule has 2 heterocycles. The predicted molar refractivity (Wildman–Crippen MR) is 73.9 cm³/mol. The van der Waals surface area contributed by atoms with Gasteiger partial charge in [0.15, 0.2) is 5.60 Å². The number of aromatic nitrogens is 1. The van der Waals surface area contributed by atoms with Crippen LogP contribution < -0.4 is 10.1 Å². The van der Waals surface area contributed by atoms with Crippen molar-refractivity contribution in [3.05, 3.63) is 52.8 Å². The summed E-state index contributed by atoms with van der Waals surface area (Å²) < 4.78 is 5.18. The number of amides is 1. The Hall–Kier alpha value is -2.11. The second kappa shape index (κ2) is 4.47. The normalized spacial score (nSPS) is 20.4. The van der Waals surface area contributed by atoms with Crippen molar-refractivity contribution in [3.63, 3.8) is 0 Å². The number of hydrogen-bond acceptors (Lipinski definition) is 4. The van der Waals surface area contributed by atoms with Crippen LogP contribution in [0.25, 0.3) is 0 Å². The van der Waals surface area contributed by atoms with Gasteiger partial charge in [0.2, 0.25) is 0 Å². The maximum atomic E-state index is 12.3. The van der Waals surface area contributed by atoms with Gasteiger partial charge in [0.1, 0.15) is 5.75 Å². The number of benzene rings is 1. The molecule has 0 aliphatic carbocycles. The Bertz CT molecular complexity index is 705. The van der Waals surface area contributed by atoms with E-state index in [2.05, 4.69) is 10.3 Å². The number of anilines is 1. The zero-order valence-corrected chi connectivity index (χ0v) is 11.3. The van der Waals surface area contributed by atoms with Crippen LogP contribution in [0.5, 0.6) is 5.75 Å². The number of nitrogens with zero attached hydrogens (tertiary/aromatic N) is 1. The minimum Gasteiger partial charge on any atom is -0.495 e. The van der Waals surface area contributed by atoms with E-state index >= 15 is 0 Å². The molecule has 2 N–H and O–H groups in total. The summed E-state index contributed by atoms with van der Waals surface area (Å²) in [5, 5.41) is 14.0. The van der Waals surface area contributed by atoms with Gasteiger partial charge in [0.25, 0.3) is 5.91 Å². The number of hydrogen-bond donors (Lipinski definition) is 2. The highest BCUT2D eigenvalue weighted by Gasteiger charge is 2.48. The van der Waals surface area contributed by atoms with Gasteiger partial charge < -0.3 is 15.2 Å². The lowest BCUT2D eigenvalue weighted by atomic mass is 9.87. The molecule has 1 unspecified atom stereocenters. The molecule has 102 valence electrons. The van der Waals surface area contributed by atoms with E-state index < -0.39 is 11.5 Å². The molecule has 2 aromatic rings. The molecule has 0 radical (unpaired) electrons. The van der Waals surface area contributed by atoms with Gasteiger partial charge in [-0.25, -0.2) is 0 Å². The molecule has 5 nitrogen and oxygen atoms in total.